The van der Waals surface area contributed by atoms with E-state index in [1.54, 1.807) is 0 Å². The molecule has 0 amide bonds. The van der Waals surface area contributed by atoms with E-state index in [0.29, 0.717) is 12.1 Å². The SMILES string of the molecule is CCCNC(C)c1ccc(N2CC(C)CCC2C)c(Br)c1. The molecule has 1 aromatic rings. The number of rotatable bonds is 5. The van der Waals surface area contributed by atoms with E-state index in [1.807, 2.05) is 0 Å². The molecule has 0 bridgehead atoms. The Morgan fingerprint density at radius 3 is 2.76 bits per heavy atom. The second-order valence-corrected chi connectivity index (χ2v) is 7.42. The quantitative estimate of drug-likeness (QED) is 0.789. The summed E-state index contributed by atoms with van der Waals surface area (Å²) in [7, 11) is 0. The number of nitrogens with one attached hydrogen (secondary N) is 1. The molecule has 1 N–H and O–H groups in total. The van der Waals surface area contributed by atoms with E-state index in [4.69, 9.17) is 0 Å². The highest BCUT2D eigenvalue weighted by molar-refractivity contribution is 9.10. The Morgan fingerprint density at radius 2 is 2.10 bits per heavy atom. The average Bonchev–Trinajstić information content (AvgIpc) is 2.47. The summed E-state index contributed by atoms with van der Waals surface area (Å²) in [6, 6.07) is 7.90. The lowest BCUT2D eigenvalue weighted by atomic mass is 9.94. The van der Waals surface area contributed by atoms with Crippen LogP contribution in [0.15, 0.2) is 22.7 Å². The molecule has 0 spiro atoms. The maximum atomic E-state index is 3.80. The van der Waals surface area contributed by atoms with Crippen LogP contribution in [0.5, 0.6) is 0 Å². The fraction of sp³-hybridized carbons (Fsp3) is 0.667. The third-order valence-electron chi connectivity index (χ3n) is 4.60. The predicted octanol–water partition coefficient (Wildman–Crippen LogP) is 5.13. The smallest absolute Gasteiger partial charge is 0.0513 e. The van der Waals surface area contributed by atoms with Crippen molar-refractivity contribution in [2.24, 2.45) is 5.92 Å². The van der Waals surface area contributed by atoms with Crippen LogP contribution in [-0.4, -0.2) is 19.1 Å². The molecule has 1 saturated heterocycles. The van der Waals surface area contributed by atoms with Crippen LogP contribution in [0.2, 0.25) is 0 Å². The molecule has 21 heavy (non-hydrogen) atoms. The molecule has 1 aliphatic rings. The van der Waals surface area contributed by atoms with Gasteiger partial charge in [0.15, 0.2) is 0 Å². The van der Waals surface area contributed by atoms with E-state index in [2.05, 4.69) is 72.0 Å². The van der Waals surface area contributed by atoms with Crippen molar-refractivity contribution >= 4 is 21.6 Å². The van der Waals surface area contributed by atoms with Crippen molar-refractivity contribution in [1.29, 1.82) is 0 Å². The van der Waals surface area contributed by atoms with Crippen LogP contribution in [0.3, 0.4) is 0 Å². The van der Waals surface area contributed by atoms with E-state index in [9.17, 15) is 0 Å². The molecule has 0 aliphatic carbocycles. The molecule has 2 rings (SSSR count). The molecule has 1 fully saturated rings. The van der Waals surface area contributed by atoms with Crippen molar-refractivity contribution in [2.45, 2.75) is 59.0 Å². The fourth-order valence-corrected chi connectivity index (χ4v) is 3.75. The van der Waals surface area contributed by atoms with E-state index in [0.717, 1.165) is 12.5 Å². The van der Waals surface area contributed by atoms with E-state index >= 15 is 0 Å². The van der Waals surface area contributed by atoms with E-state index < -0.39 is 0 Å². The van der Waals surface area contributed by atoms with Gasteiger partial charge in [-0.2, -0.15) is 0 Å². The third-order valence-corrected chi connectivity index (χ3v) is 5.23. The Hall–Kier alpha value is -0.540. The summed E-state index contributed by atoms with van der Waals surface area (Å²) in [5.74, 6) is 0.790. The van der Waals surface area contributed by atoms with Gasteiger partial charge in [-0.05, 0) is 79.2 Å². The maximum Gasteiger partial charge on any atom is 0.0513 e. The molecule has 0 saturated carbocycles. The summed E-state index contributed by atoms with van der Waals surface area (Å²) in [5.41, 5.74) is 2.71. The normalized spacial score (nSPS) is 24.1. The molecular formula is C18H29BrN2. The predicted molar refractivity (Wildman–Crippen MR) is 96.1 cm³/mol. The summed E-state index contributed by atoms with van der Waals surface area (Å²) in [5, 5.41) is 3.56. The third kappa shape index (κ3) is 4.23. The first-order valence-electron chi connectivity index (χ1n) is 8.32. The van der Waals surface area contributed by atoms with Gasteiger partial charge in [-0.1, -0.05) is 19.9 Å². The van der Waals surface area contributed by atoms with Crippen LogP contribution in [-0.2, 0) is 0 Å². The molecule has 1 aromatic carbocycles. The number of halogens is 1. The van der Waals surface area contributed by atoms with Gasteiger partial charge in [0.25, 0.3) is 0 Å². The average molecular weight is 353 g/mol. The first-order chi connectivity index (χ1) is 10.0. The minimum absolute atomic E-state index is 0.410. The summed E-state index contributed by atoms with van der Waals surface area (Å²) < 4.78 is 1.23. The van der Waals surface area contributed by atoms with Crippen molar-refractivity contribution < 1.29 is 0 Å². The first-order valence-corrected chi connectivity index (χ1v) is 9.11. The second kappa shape index (κ2) is 7.64. The Morgan fingerprint density at radius 1 is 1.33 bits per heavy atom. The topological polar surface area (TPSA) is 15.3 Å². The summed E-state index contributed by atoms with van der Waals surface area (Å²) >= 11 is 3.80. The van der Waals surface area contributed by atoms with Gasteiger partial charge < -0.3 is 10.2 Å². The maximum absolute atomic E-state index is 3.80. The van der Waals surface area contributed by atoms with Gasteiger partial charge in [-0.3, -0.25) is 0 Å². The Bertz CT molecular complexity index is 461. The fourth-order valence-electron chi connectivity index (χ4n) is 3.13. The molecule has 118 valence electrons. The van der Waals surface area contributed by atoms with Crippen LogP contribution < -0.4 is 10.2 Å². The highest BCUT2D eigenvalue weighted by atomic mass is 79.9. The molecular weight excluding hydrogens is 324 g/mol. The summed E-state index contributed by atoms with van der Waals surface area (Å²) in [6.07, 6.45) is 3.82. The van der Waals surface area contributed by atoms with Gasteiger partial charge in [-0.25, -0.2) is 0 Å². The Balaban J connectivity index is 2.15. The minimum Gasteiger partial charge on any atom is -0.368 e. The Labute approximate surface area is 138 Å². The number of hydrogen-bond acceptors (Lipinski definition) is 2. The zero-order valence-electron chi connectivity index (χ0n) is 13.8. The largest absolute Gasteiger partial charge is 0.368 e. The van der Waals surface area contributed by atoms with Crippen molar-refractivity contribution in [2.75, 3.05) is 18.0 Å². The number of hydrogen-bond donors (Lipinski definition) is 1. The minimum atomic E-state index is 0.410. The molecule has 3 heteroatoms. The number of anilines is 1. The van der Waals surface area contributed by atoms with E-state index in [1.165, 1.54) is 41.5 Å². The summed E-state index contributed by atoms with van der Waals surface area (Å²) in [4.78, 5) is 2.56. The monoisotopic (exact) mass is 352 g/mol. The van der Waals surface area contributed by atoms with Gasteiger partial charge in [0.1, 0.15) is 0 Å². The first kappa shape index (κ1) is 16.8. The molecule has 3 unspecified atom stereocenters. The standard InChI is InChI=1S/C18H29BrN2/c1-5-10-20-15(4)16-8-9-18(17(19)11-16)21-12-13(2)6-7-14(21)3/h8-9,11,13-15,20H,5-7,10,12H2,1-4H3. The number of piperidine rings is 1. The van der Waals surface area contributed by atoms with Crippen molar-refractivity contribution in [3.05, 3.63) is 28.2 Å². The van der Waals surface area contributed by atoms with Crippen LogP contribution in [0.25, 0.3) is 0 Å². The molecule has 3 atom stereocenters. The van der Waals surface area contributed by atoms with Crippen molar-refractivity contribution in [3.8, 4) is 0 Å². The van der Waals surface area contributed by atoms with Crippen LogP contribution in [0.4, 0.5) is 5.69 Å². The van der Waals surface area contributed by atoms with Crippen LogP contribution in [0.1, 0.15) is 58.6 Å². The zero-order chi connectivity index (χ0) is 15.4. The van der Waals surface area contributed by atoms with E-state index in [-0.39, 0.29) is 0 Å². The van der Waals surface area contributed by atoms with Crippen LogP contribution in [0, 0.1) is 5.92 Å². The number of nitrogens with zero attached hydrogens (tertiary/aromatic N) is 1. The molecule has 1 aliphatic heterocycles. The molecule has 0 radical (unpaired) electrons. The van der Waals surface area contributed by atoms with Gasteiger partial charge in [-0.15, -0.1) is 0 Å². The van der Waals surface area contributed by atoms with Crippen molar-refractivity contribution in [3.63, 3.8) is 0 Å². The Kier molecular flexibility index (Phi) is 6.12. The van der Waals surface area contributed by atoms with Gasteiger partial charge in [0.2, 0.25) is 0 Å². The highest BCUT2D eigenvalue weighted by Gasteiger charge is 2.24. The number of benzene rings is 1. The second-order valence-electron chi connectivity index (χ2n) is 6.57. The molecule has 1 heterocycles. The lowest BCUT2D eigenvalue weighted by Crippen LogP contribution is -2.41. The highest BCUT2D eigenvalue weighted by Crippen LogP contribution is 2.34. The molecule has 2 nitrogen and oxygen atoms in total. The van der Waals surface area contributed by atoms with Gasteiger partial charge >= 0.3 is 0 Å². The lowest BCUT2D eigenvalue weighted by Gasteiger charge is -2.39. The van der Waals surface area contributed by atoms with Gasteiger partial charge in [0.05, 0.1) is 5.69 Å². The summed E-state index contributed by atoms with van der Waals surface area (Å²) in [6.45, 7) is 11.4. The zero-order valence-corrected chi connectivity index (χ0v) is 15.4. The lowest BCUT2D eigenvalue weighted by molar-refractivity contribution is 0.390. The van der Waals surface area contributed by atoms with Gasteiger partial charge in [0, 0.05) is 23.1 Å². The molecule has 0 aromatic heterocycles. The van der Waals surface area contributed by atoms with Crippen LogP contribution >= 0.6 is 15.9 Å². The van der Waals surface area contributed by atoms with Crippen molar-refractivity contribution in [1.82, 2.24) is 5.32 Å².